The molecular weight excluding hydrogens is 268 g/mol. The van der Waals surface area contributed by atoms with Crippen molar-refractivity contribution in [3.05, 3.63) is 15.8 Å². The van der Waals surface area contributed by atoms with E-state index in [-0.39, 0.29) is 10.6 Å². The Morgan fingerprint density at radius 3 is 2.67 bits per heavy atom. The molecule has 21 heavy (non-hydrogen) atoms. The van der Waals surface area contributed by atoms with Crippen LogP contribution in [0.2, 0.25) is 0 Å². The number of nitrogens with zero attached hydrogens (tertiary/aromatic N) is 3. The van der Waals surface area contributed by atoms with Gasteiger partial charge in [0.25, 0.3) is 0 Å². The Labute approximate surface area is 126 Å². The molecule has 2 rings (SSSR count). The van der Waals surface area contributed by atoms with Crippen LogP contribution in [0.15, 0.2) is 0 Å². The van der Waals surface area contributed by atoms with Gasteiger partial charge >= 0.3 is 5.69 Å². The van der Waals surface area contributed by atoms with Crippen LogP contribution in [-0.4, -0.2) is 20.7 Å². The van der Waals surface area contributed by atoms with Crippen LogP contribution in [0.5, 0.6) is 0 Å². The largest absolute Gasteiger partial charge is 0.362 e. The molecule has 6 heteroatoms. The highest BCUT2D eigenvalue weighted by Gasteiger charge is 2.35. The molecule has 1 aliphatic rings. The van der Waals surface area contributed by atoms with E-state index in [9.17, 15) is 10.1 Å². The average molecular weight is 294 g/mol. The molecule has 1 aromatic heterocycles. The van der Waals surface area contributed by atoms with Crippen LogP contribution < -0.4 is 5.32 Å². The number of aryl methyl sites for hydroxylation is 2. The minimum atomic E-state index is -0.294. The van der Waals surface area contributed by atoms with Gasteiger partial charge in [-0.2, -0.15) is 5.10 Å². The van der Waals surface area contributed by atoms with Gasteiger partial charge in [-0.05, 0) is 31.1 Å². The molecule has 0 saturated heterocycles. The maximum atomic E-state index is 11.4. The number of anilines is 1. The summed E-state index contributed by atoms with van der Waals surface area (Å²) >= 11 is 0. The molecule has 6 nitrogen and oxygen atoms in total. The van der Waals surface area contributed by atoms with Crippen molar-refractivity contribution < 1.29 is 4.92 Å². The topological polar surface area (TPSA) is 73.0 Å². The number of aromatic nitrogens is 2. The highest BCUT2D eigenvalue weighted by molar-refractivity contribution is 5.60. The maximum Gasteiger partial charge on any atom is 0.333 e. The zero-order valence-corrected chi connectivity index (χ0v) is 13.4. The molecular formula is C15H26N4O2. The molecule has 118 valence electrons. The van der Waals surface area contributed by atoms with E-state index in [1.807, 2.05) is 6.92 Å². The molecule has 3 atom stereocenters. The molecule has 0 bridgehead atoms. The first-order valence-electron chi connectivity index (χ1n) is 7.96. The van der Waals surface area contributed by atoms with E-state index < -0.39 is 0 Å². The first kappa shape index (κ1) is 15.8. The fourth-order valence-corrected chi connectivity index (χ4v) is 3.53. The molecule has 1 fully saturated rings. The van der Waals surface area contributed by atoms with E-state index >= 15 is 0 Å². The Hall–Kier alpha value is -1.59. The Bertz CT molecular complexity index is 512. The van der Waals surface area contributed by atoms with Crippen molar-refractivity contribution in [2.24, 2.45) is 18.9 Å². The lowest BCUT2D eigenvalue weighted by molar-refractivity contribution is -0.384. The van der Waals surface area contributed by atoms with E-state index in [4.69, 9.17) is 0 Å². The molecule has 1 aliphatic carbocycles. The van der Waals surface area contributed by atoms with Crippen LogP contribution in [0.1, 0.15) is 52.1 Å². The summed E-state index contributed by atoms with van der Waals surface area (Å²) in [6.07, 6.45) is 4.94. The molecule has 0 spiro atoms. The smallest absolute Gasteiger partial charge is 0.333 e. The van der Waals surface area contributed by atoms with Crippen LogP contribution in [0, 0.1) is 22.0 Å². The summed E-state index contributed by atoms with van der Waals surface area (Å²) in [5.74, 6) is 1.82. The molecule has 0 amide bonds. The van der Waals surface area contributed by atoms with Gasteiger partial charge in [-0.3, -0.25) is 10.1 Å². The third-order valence-electron chi connectivity index (χ3n) is 4.83. The van der Waals surface area contributed by atoms with Crippen molar-refractivity contribution in [2.75, 3.05) is 5.32 Å². The van der Waals surface area contributed by atoms with E-state index in [1.54, 1.807) is 11.7 Å². The summed E-state index contributed by atoms with van der Waals surface area (Å²) in [7, 11) is 1.78. The second kappa shape index (κ2) is 6.45. The third kappa shape index (κ3) is 3.04. The molecule has 1 aromatic rings. The molecule has 1 heterocycles. The van der Waals surface area contributed by atoms with E-state index in [1.165, 1.54) is 12.8 Å². The van der Waals surface area contributed by atoms with Gasteiger partial charge < -0.3 is 5.32 Å². The van der Waals surface area contributed by atoms with E-state index in [0.29, 0.717) is 35.8 Å². The van der Waals surface area contributed by atoms with Gasteiger partial charge in [0, 0.05) is 13.1 Å². The number of hydrogen-bond acceptors (Lipinski definition) is 4. The van der Waals surface area contributed by atoms with Crippen molar-refractivity contribution in [1.82, 2.24) is 9.78 Å². The standard InChI is InChI=1S/C15H26N4O2/c1-5-7-13-14(19(20)21)15(18(4)17-13)16-12-9-8-11(6-2)10(12)3/h10-12,16H,5-9H2,1-4H3. The van der Waals surface area contributed by atoms with Gasteiger partial charge in [-0.15, -0.1) is 0 Å². The van der Waals surface area contributed by atoms with Gasteiger partial charge in [0.15, 0.2) is 0 Å². The SMILES string of the molecule is CCCc1nn(C)c(NC2CCC(CC)C2C)c1[N+](=O)[O-]. The summed E-state index contributed by atoms with van der Waals surface area (Å²) in [6.45, 7) is 6.47. The van der Waals surface area contributed by atoms with Crippen LogP contribution in [-0.2, 0) is 13.5 Å². The van der Waals surface area contributed by atoms with Gasteiger partial charge in [0.05, 0.1) is 4.92 Å². The van der Waals surface area contributed by atoms with E-state index in [2.05, 4.69) is 24.3 Å². The third-order valence-corrected chi connectivity index (χ3v) is 4.83. The second-order valence-electron chi connectivity index (χ2n) is 6.13. The summed E-state index contributed by atoms with van der Waals surface area (Å²) < 4.78 is 1.63. The Kier molecular flexibility index (Phi) is 4.85. The van der Waals surface area contributed by atoms with Crippen LogP contribution in [0.4, 0.5) is 11.5 Å². The van der Waals surface area contributed by atoms with E-state index in [0.717, 1.165) is 12.8 Å². The van der Waals surface area contributed by atoms with Crippen LogP contribution >= 0.6 is 0 Å². The normalized spacial score (nSPS) is 25.2. The van der Waals surface area contributed by atoms with Crippen molar-refractivity contribution in [3.8, 4) is 0 Å². The highest BCUT2D eigenvalue weighted by Crippen LogP contribution is 2.38. The Morgan fingerprint density at radius 1 is 1.43 bits per heavy atom. The summed E-state index contributed by atoms with van der Waals surface area (Å²) in [5.41, 5.74) is 0.747. The summed E-state index contributed by atoms with van der Waals surface area (Å²) in [6, 6.07) is 0.304. The first-order valence-corrected chi connectivity index (χ1v) is 7.96. The van der Waals surface area contributed by atoms with Gasteiger partial charge in [0.1, 0.15) is 5.69 Å². The van der Waals surface area contributed by atoms with Crippen LogP contribution in [0.3, 0.4) is 0 Å². The number of hydrogen-bond donors (Lipinski definition) is 1. The zero-order valence-electron chi connectivity index (χ0n) is 13.4. The average Bonchev–Trinajstić information content (AvgIpc) is 2.92. The van der Waals surface area contributed by atoms with Crippen molar-refractivity contribution >= 4 is 11.5 Å². The van der Waals surface area contributed by atoms with Crippen LogP contribution in [0.25, 0.3) is 0 Å². The highest BCUT2D eigenvalue weighted by atomic mass is 16.6. The molecule has 0 aromatic carbocycles. The zero-order chi connectivity index (χ0) is 15.6. The van der Waals surface area contributed by atoms with Crippen molar-refractivity contribution in [3.63, 3.8) is 0 Å². The monoisotopic (exact) mass is 294 g/mol. The predicted molar refractivity (Wildman–Crippen MR) is 83.4 cm³/mol. The minimum Gasteiger partial charge on any atom is -0.362 e. The molecule has 0 aliphatic heterocycles. The lowest BCUT2D eigenvalue weighted by Gasteiger charge is -2.21. The fourth-order valence-electron chi connectivity index (χ4n) is 3.53. The Balaban J connectivity index is 2.25. The summed E-state index contributed by atoms with van der Waals surface area (Å²) in [4.78, 5) is 11.1. The summed E-state index contributed by atoms with van der Waals surface area (Å²) in [5, 5.41) is 19.2. The number of rotatable bonds is 6. The molecule has 0 radical (unpaired) electrons. The molecule has 1 saturated carbocycles. The fraction of sp³-hybridized carbons (Fsp3) is 0.800. The maximum absolute atomic E-state index is 11.4. The van der Waals surface area contributed by atoms with Gasteiger partial charge in [-0.1, -0.05) is 33.6 Å². The van der Waals surface area contributed by atoms with Crippen molar-refractivity contribution in [1.29, 1.82) is 0 Å². The molecule has 1 N–H and O–H groups in total. The second-order valence-corrected chi connectivity index (χ2v) is 6.13. The lowest BCUT2D eigenvalue weighted by atomic mass is 9.93. The number of nitro groups is 1. The lowest BCUT2D eigenvalue weighted by Crippen LogP contribution is -2.26. The van der Waals surface area contributed by atoms with Gasteiger partial charge in [-0.25, -0.2) is 4.68 Å². The minimum absolute atomic E-state index is 0.159. The van der Waals surface area contributed by atoms with Crippen molar-refractivity contribution in [2.45, 2.75) is 58.9 Å². The molecule has 3 unspecified atom stereocenters. The first-order chi connectivity index (χ1) is 9.99. The Morgan fingerprint density at radius 2 is 2.14 bits per heavy atom. The van der Waals surface area contributed by atoms with Gasteiger partial charge in [0.2, 0.25) is 5.82 Å². The quantitative estimate of drug-likeness (QED) is 0.643. The predicted octanol–water partition coefficient (Wildman–Crippen LogP) is 3.52. The number of nitrogens with one attached hydrogen (secondary N) is 1.